The van der Waals surface area contributed by atoms with Gasteiger partial charge in [0.2, 0.25) is 5.91 Å². The summed E-state index contributed by atoms with van der Waals surface area (Å²) in [4.78, 5) is 37.5. The Kier molecular flexibility index (Phi) is 6.26. The van der Waals surface area contributed by atoms with Gasteiger partial charge < -0.3 is 20.1 Å². The number of carbonyl (C=O) groups is 3. The first-order valence-electron chi connectivity index (χ1n) is 9.02. The number of aromatic hydroxyl groups is 1. The Balaban J connectivity index is 1.54. The molecule has 3 aromatic carbocycles. The predicted molar refractivity (Wildman–Crippen MR) is 109 cm³/mol. The number of phenolic OH excluding ortho intramolecular Hbond substituents is 1. The summed E-state index contributed by atoms with van der Waals surface area (Å²) < 4.78 is 17.9. The van der Waals surface area contributed by atoms with Gasteiger partial charge in [-0.25, -0.2) is 9.18 Å². The number of ether oxygens (including phenoxy) is 1. The Morgan fingerprint density at radius 3 is 2.47 bits per heavy atom. The van der Waals surface area contributed by atoms with Crippen molar-refractivity contribution in [2.24, 2.45) is 0 Å². The van der Waals surface area contributed by atoms with E-state index in [-0.39, 0.29) is 17.9 Å². The maximum atomic E-state index is 12.9. The number of carbonyl (C=O) groups excluding carboxylic acids is 3. The van der Waals surface area contributed by atoms with Crippen molar-refractivity contribution in [3.8, 4) is 5.75 Å². The molecule has 3 aromatic rings. The molecule has 2 N–H and O–H groups in total. The van der Waals surface area contributed by atoms with Crippen LogP contribution < -0.4 is 5.32 Å². The number of fused-ring (bicyclic) bond motifs is 1. The molecule has 0 bridgehead atoms. The molecular weight excluding hydrogens is 391 g/mol. The van der Waals surface area contributed by atoms with Gasteiger partial charge in [0.1, 0.15) is 17.1 Å². The van der Waals surface area contributed by atoms with E-state index in [1.165, 1.54) is 37.4 Å². The highest BCUT2D eigenvalue weighted by Gasteiger charge is 2.19. The number of rotatable bonds is 6. The third-order valence-corrected chi connectivity index (χ3v) is 4.38. The number of nitrogens with zero attached hydrogens (tertiary/aromatic N) is 1. The Morgan fingerprint density at radius 2 is 1.73 bits per heavy atom. The largest absolute Gasteiger partial charge is 0.506 e. The zero-order valence-electron chi connectivity index (χ0n) is 16.1. The maximum absolute atomic E-state index is 12.9. The van der Waals surface area contributed by atoms with E-state index in [1.54, 1.807) is 30.3 Å². The summed E-state index contributed by atoms with van der Waals surface area (Å²) in [6.45, 7) is -0.875. The van der Waals surface area contributed by atoms with E-state index in [2.05, 4.69) is 5.32 Å². The highest BCUT2D eigenvalue weighted by atomic mass is 19.1. The van der Waals surface area contributed by atoms with Gasteiger partial charge >= 0.3 is 5.97 Å². The summed E-state index contributed by atoms with van der Waals surface area (Å²) in [5.74, 6) is -2.60. The minimum atomic E-state index is -0.851. The van der Waals surface area contributed by atoms with Crippen molar-refractivity contribution in [2.75, 3.05) is 25.5 Å². The molecule has 0 fully saturated rings. The van der Waals surface area contributed by atoms with E-state index < -0.39 is 30.2 Å². The monoisotopic (exact) mass is 410 g/mol. The molecule has 30 heavy (non-hydrogen) atoms. The summed E-state index contributed by atoms with van der Waals surface area (Å²) in [6, 6.07) is 15.3. The molecule has 0 aliphatic carbocycles. The molecule has 0 aromatic heterocycles. The number of nitrogens with one attached hydrogen (secondary N) is 1. The Morgan fingerprint density at radius 1 is 1.03 bits per heavy atom. The number of hydrogen-bond donors (Lipinski definition) is 2. The summed E-state index contributed by atoms with van der Waals surface area (Å²) in [5.41, 5.74) is 0.332. The van der Waals surface area contributed by atoms with Gasteiger partial charge in [-0.05, 0) is 35.7 Å². The summed E-state index contributed by atoms with van der Waals surface area (Å²) in [6.07, 6.45) is 0. The molecule has 0 unspecified atom stereocenters. The smallest absolute Gasteiger partial charge is 0.342 e. The topological polar surface area (TPSA) is 95.9 Å². The molecule has 0 saturated carbocycles. The van der Waals surface area contributed by atoms with Crippen molar-refractivity contribution < 1.29 is 28.6 Å². The molecule has 7 nitrogen and oxygen atoms in total. The van der Waals surface area contributed by atoms with E-state index in [0.717, 1.165) is 10.3 Å². The molecule has 0 aliphatic heterocycles. The summed E-state index contributed by atoms with van der Waals surface area (Å²) in [5, 5.41) is 14.1. The standard InChI is InChI=1S/C22H19FN2O5/c1-25(12-19(26)24-16-9-7-15(23)8-10-16)20(27)13-30-22(29)18-11-6-14-4-2-3-5-17(14)21(18)28/h2-11,28H,12-13H2,1H3,(H,24,26). The molecule has 0 aliphatic rings. The van der Waals surface area contributed by atoms with Gasteiger partial charge in [-0.3, -0.25) is 9.59 Å². The molecule has 0 heterocycles. The van der Waals surface area contributed by atoms with E-state index in [9.17, 15) is 23.9 Å². The number of hydrogen-bond acceptors (Lipinski definition) is 5. The second kappa shape index (κ2) is 9.04. The minimum Gasteiger partial charge on any atom is -0.506 e. The van der Waals surface area contributed by atoms with Crippen LogP contribution in [0.3, 0.4) is 0 Å². The van der Waals surface area contributed by atoms with E-state index in [4.69, 9.17) is 4.74 Å². The van der Waals surface area contributed by atoms with Gasteiger partial charge in [0.25, 0.3) is 5.91 Å². The van der Waals surface area contributed by atoms with Crippen LogP contribution in [0.1, 0.15) is 10.4 Å². The van der Waals surface area contributed by atoms with Crippen LogP contribution in [0.15, 0.2) is 60.7 Å². The lowest BCUT2D eigenvalue weighted by atomic mass is 10.1. The van der Waals surface area contributed by atoms with Crippen LogP contribution in [0, 0.1) is 5.82 Å². The Labute approximate surface area is 171 Å². The number of esters is 1. The zero-order chi connectivity index (χ0) is 21.7. The van der Waals surface area contributed by atoms with Crippen molar-refractivity contribution in [3.05, 3.63) is 72.0 Å². The first-order valence-corrected chi connectivity index (χ1v) is 9.02. The lowest BCUT2D eigenvalue weighted by Crippen LogP contribution is -2.37. The summed E-state index contributed by atoms with van der Waals surface area (Å²) in [7, 11) is 1.38. The van der Waals surface area contributed by atoms with Gasteiger partial charge in [-0.1, -0.05) is 30.3 Å². The fourth-order valence-electron chi connectivity index (χ4n) is 2.77. The molecule has 154 valence electrons. The molecule has 3 rings (SSSR count). The molecule has 0 spiro atoms. The second-order valence-corrected chi connectivity index (χ2v) is 6.56. The number of anilines is 1. The average Bonchev–Trinajstić information content (AvgIpc) is 2.73. The highest BCUT2D eigenvalue weighted by Crippen LogP contribution is 2.28. The first kappa shape index (κ1) is 20.8. The molecule has 0 radical (unpaired) electrons. The van der Waals surface area contributed by atoms with Crippen molar-refractivity contribution >= 4 is 34.2 Å². The quantitative estimate of drug-likeness (QED) is 0.609. The van der Waals surface area contributed by atoms with Gasteiger partial charge in [0.05, 0.1) is 6.54 Å². The van der Waals surface area contributed by atoms with E-state index >= 15 is 0 Å². The van der Waals surface area contributed by atoms with Gasteiger partial charge in [0.15, 0.2) is 6.61 Å². The molecule has 0 saturated heterocycles. The molecule has 8 heteroatoms. The highest BCUT2D eigenvalue weighted by molar-refractivity contribution is 6.01. The zero-order valence-corrected chi connectivity index (χ0v) is 16.1. The van der Waals surface area contributed by atoms with Crippen molar-refractivity contribution in [3.63, 3.8) is 0 Å². The Hall–Kier alpha value is -3.94. The van der Waals surface area contributed by atoms with Crippen LogP contribution in [-0.2, 0) is 14.3 Å². The number of halogens is 1. The van der Waals surface area contributed by atoms with Crippen LogP contribution in [0.2, 0.25) is 0 Å². The maximum Gasteiger partial charge on any atom is 0.342 e. The molecule has 0 atom stereocenters. The Bertz CT molecular complexity index is 1100. The molecular formula is C22H19FN2O5. The van der Waals surface area contributed by atoms with Crippen LogP contribution in [0.5, 0.6) is 5.75 Å². The van der Waals surface area contributed by atoms with Crippen LogP contribution in [0.25, 0.3) is 10.8 Å². The minimum absolute atomic E-state index is 0.0572. The van der Waals surface area contributed by atoms with E-state index in [0.29, 0.717) is 11.1 Å². The van der Waals surface area contributed by atoms with Gasteiger partial charge in [-0.15, -0.1) is 0 Å². The van der Waals surface area contributed by atoms with Crippen LogP contribution in [-0.4, -0.2) is 48.0 Å². The number of likely N-dealkylation sites (N-methyl/N-ethyl adjacent to an activating group) is 1. The van der Waals surface area contributed by atoms with Crippen molar-refractivity contribution in [1.29, 1.82) is 0 Å². The second-order valence-electron chi connectivity index (χ2n) is 6.56. The lowest BCUT2D eigenvalue weighted by molar-refractivity contribution is -0.136. The average molecular weight is 410 g/mol. The third kappa shape index (κ3) is 4.91. The van der Waals surface area contributed by atoms with Gasteiger partial charge in [0, 0.05) is 18.1 Å². The predicted octanol–water partition coefficient (Wildman–Crippen LogP) is 2.94. The van der Waals surface area contributed by atoms with E-state index in [1.807, 2.05) is 0 Å². The summed E-state index contributed by atoms with van der Waals surface area (Å²) >= 11 is 0. The number of amides is 2. The van der Waals surface area contributed by atoms with Crippen molar-refractivity contribution in [2.45, 2.75) is 0 Å². The normalized spacial score (nSPS) is 10.5. The number of benzene rings is 3. The third-order valence-electron chi connectivity index (χ3n) is 4.38. The SMILES string of the molecule is CN(CC(=O)Nc1ccc(F)cc1)C(=O)COC(=O)c1ccc2ccccc2c1O. The van der Waals surface area contributed by atoms with Crippen LogP contribution >= 0.6 is 0 Å². The fraction of sp³-hybridized carbons (Fsp3) is 0.136. The number of phenols is 1. The van der Waals surface area contributed by atoms with Crippen LogP contribution in [0.4, 0.5) is 10.1 Å². The van der Waals surface area contributed by atoms with Crippen molar-refractivity contribution in [1.82, 2.24) is 4.90 Å². The first-order chi connectivity index (χ1) is 14.3. The molecule has 2 amide bonds. The lowest BCUT2D eigenvalue weighted by Gasteiger charge is -2.17. The fourth-order valence-corrected chi connectivity index (χ4v) is 2.77. The van der Waals surface area contributed by atoms with Gasteiger partial charge in [-0.2, -0.15) is 0 Å².